The lowest BCUT2D eigenvalue weighted by atomic mass is 10.0. The molecule has 148 valence electrons. The minimum atomic E-state index is -0.221. The Morgan fingerprint density at radius 2 is 1.57 bits per heavy atom. The topological polar surface area (TPSA) is 13.1 Å². The van der Waals surface area contributed by atoms with E-state index in [1.165, 1.54) is 38.9 Å². The number of aryl methyl sites for hydroxylation is 2. The summed E-state index contributed by atoms with van der Waals surface area (Å²) < 4.78 is 6.42. The van der Waals surface area contributed by atoms with Crippen molar-refractivity contribution in [3.63, 3.8) is 0 Å². The Bertz CT molecular complexity index is 1300. The van der Waals surface area contributed by atoms with Gasteiger partial charge >= 0.3 is 0 Å². The number of benzene rings is 4. The Hall–Kier alpha value is -2.89. The van der Waals surface area contributed by atoms with E-state index in [4.69, 9.17) is 4.42 Å². The molecule has 0 radical (unpaired) electrons. The van der Waals surface area contributed by atoms with Gasteiger partial charge in [-0.2, -0.15) is 0 Å². The van der Waals surface area contributed by atoms with E-state index in [0.717, 1.165) is 23.2 Å². The first-order valence-corrected chi connectivity index (χ1v) is 12.4. The van der Waals surface area contributed by atoms with Crippen molar-refractivity contribution < 1.29 is 4.42 Å². The molecule has 1 nitrogen and oxygen atoms in total. The molecular weight excluding hydrogens is 383 g/mol. The number of fused-ring (bicyclic) bond motifs is 3. The highest BCUT2D eigenvalue weighted by molar-refractivity contribution is 7.64. The third kappa shape index (κ3) is 3.66. The molecule has 0 amide bonds. The van der Waals surface area contributed by atoms with Gasteiger partial charge < -0.3 is 4.42 Å². The van der Waals surface area contributed by atoms with Crippen LogP contribution >= 0.6 is 7.92 Å². The first-order valence-electron chi connectivity index (χ1n) is 10.5. The van der Waals surface area contributed by atoms with Crippen LogP contribution in [-0.4, -0.2) is 12.8 Å². The largest absolute Gasteiger partial charge is 0.455 e. The van der Waals surface area contributed by atoms with Crippen LogP contribution in [0, 0.1) is 6.92 Å². The van der Waals surface area contributed by atoms with Crippen LogP contribution in [0.3, 0.4) is 0 Å². The van der Waals surface area contributed by atoms with E-state index in [1.54, 1.807) is 0 Å². The Kier molecular flexibility index (Phi) is 5.15. The fourth-order valence-electron chi connectivity index (χ4n) is 4.05. The van der Waals surface area contributed by atoms with E-state index >= 15 is 0 Å². The highest BCUT2D eigenvalue weighted by atomic mass is 31.1. The fraction of sp³-hybridized carbons (Fsp3) is 0.143. The van der Waals surface area contributed by atoms with Crippen molar-refractivity contribution in [3.8, 4) is 11.1 Å². The zero-order valence-corrected chi connectivity index (χ0v) is 18.3. The molecule has 0 N–H and O–H groups in total. The van der Waals surface area contributed by atoms with E-state index in [9.17, 15) is 0 Å². The second kappa shape index (κ2) is 8.09. The zero-order valence-electron chi connectivity index (χ0n) is 17.4. The predicted octanol–water partition coefficient (Wildman–Crippen LogP) is 7.54. The summed E-state index contributed by atoms with van der Waals surface area (Å²) in [5.74, 6) is 0. The van der Waals surface area contributed by atoms with Crippen LogP contribution in [0.5, 0.6) is 0 Å². The fourth-order valence-corrected chi connectivity index (χ4v) is 5.57. The number of furan rings is 1. The van der Waals surface area contributed by atoms with Gasteiger partial charge in [-0.3, -0.25) is 0 Å². The van der Waals surface area contributed by atoms with Crippen LogP contribution in [0.25, 0.3) is 33.1 Å². The lowest BCUT2D eigenvalue weighted by molar-refractivity contribution is 0.670. The molecule has 0 aliphatic carbocycles. The minimum Gasteiger partial charge on any atom is -0.455 e. The molecule has 1 atom stereocenters. The van der Waals surface area contributed by atoms with Gasteiger partial charge in [0.05, 0.1) is 0 Å². The average molecular weight is 408 g/mol. The van der Waals surface area contributed by atoms with Gasteiger partial charge in [0.15, 0.2) is 0 Å². The first kappa shape index (κ1) is 19.1. The third-order valence-corrected chi connectivity index (χ3v) is 7.92. The molecule has 0 saturated carbocycles. The molecular formula is C28H25OP. The van der Waals surface area contributed by atoms with Crippen LogP contribution < -0.4 is 5.30 Å². The quantitative estimate of drug-likeness (QED) is 0.274. The molecule has 0 fully saturated rings. The van der Waals surface area contributed by atoms with E-state index in [-0.39, 0.29) is 7.92 Å². The van der Waals surface area contributed by atoms with Crippen LogP contribution in [-0.2, 0) is 6.42 Å². The molecule has 0 spiro atoms. The summed E-state index contributed by atoms with van der Waals surface area (Å²) in [5.41, 5.74) is 7.07. The Labute approximate surface area is 179 Å². The summed E-state index contributed by atoms with van der Waals surface area (Å²) in [6.45, 7) is 4.52. The first-order chi connectivity index (χ1) is 14.7. The van der Waals surface area contributed by atoms with E-state index in [1.807, 2.05) is 0 Å². The molecule has 0 aliphatic heterocycles. The molecule has 0 bridgehead atoms. The van der Waals surface area contributed by atoms with Gasteiger partial charge in [-0.05, 0) is 54.7 Å². The number of hydrogen-bond acceptors (Lipinski definition) is 1. The predicted molar refractivity (Wildman–Crippen MR) is 131 cm³/mol. The number of para-hydroxylation sites is 1. The van der Waals surface area contributed by atoms with E-state index in [2.05, 4.69) is 105 Å². The second-order valence-corrected chi connectivity index (χ2v) is 10.3. The van der Waals surface area contributed by atoms with Crippen LogP contribution in [0.4, 0.5) is 0 Å². The van der Waals surface area contributed by atoms with Gasteiger partial charge in [0.2, 0.25) is 0 Å². The monoisotopic (exact) mass is 408 g/mol. The molecule has 5 aromatic rings. The molecule has 0 saturated heterocycles. The number of rotatable bonds is 5. The lowest BCUT2D eigenvalue weighted by Crippen LogP contribution is -2.03. The maximum Gasteiger partial charge on any atom is 0.143 e. The summed E-state index contributed by atoms with van der Waals surface area (Å²) >= 11 is 0. The summed E-state index contributed by atoms with van der Waals surface area (Å²) in [6.07, 6.45) is 2.32. The highest BCUT2D eigenvalue weighted by Crippen LogP contribution is 2.37. The Morgan fingerprint density at radius 3 is 2.37 bits per heavy atom. The van der Waals surface area contributed by atoms with Crippen molar-refractivity contribution in [2.75, 3.05) is 12.8 Å². The van der Waals surface area contributed by atoms with Crippen LogP contribution in [0.1, 0.15) is 11.1 Å². The van der Waals surface area contributed by atoms with Crippen LogP contribution in [0.2, 0.25) is 0 Å². The van der Waals surface area contributed by atoms with Gasteiger partial charge in [-0.1, -0.05) is 92.3 Å². The van der Waals surface area contributed by atoms with Crippen molar-refractivity contribution in [2.24, 2.45) is 0 Å². The molecule has 0 aliphatic rings. The highest BCUT2D eigenvalue weighted by Gasteiger charge is 2.14. The molecule has 2 heteroatoms. The third-order valence-electron chi connectivity index (χ3n) is 5.86. The Morgan fingerprint density at radius 1 is 0.767 bits per heavy atom. The van der Waals surface area contributed by atoms with Crippen molar-refractivity contribution >= 4 is 35.2 Å². The average Bonchev–Trinajstić information content (AvgIpc) is 3.17. The van der Waals surface area contributed by atoms with Gasteiger partial charge in [0.1, 0.15) is 11.2 Å². The van der Waals surface area contributed by atoms with Gasteiger partial charge in [-0.15, -0.1) is 0 Å². The lowest BCUT2D eigenvalue weighted by Gasteiger charge is -2.12. The van der Waals surface area contributed by atoms with E-state index in [0.29, 0.717) is 0 Å². The summed E-state index contributed by atoms with van der Waals surface area (Å²) in [5, 5.41) is 3.80. The molecule has 1 unspecified atom stereocenters. The maximum atomic E-state index is 6.42. The van der Waals surface area contributed by atoms with Crippen molar-refractivity contribution in [3.05, 3.63) is 102 Å². The molecule has 4 aromatic carbocycles. The van der Waals surface area contributed by atoms with Crippen molar-refractivity contribution in [2.45, 2.75) is 13.3 Å². The molecule has 1 aromatic heterocycles. The van der Waals surface area contributed by atoms with Gasteiger partial charge in [0.25, 0.3) is 0 Å². The summed E-state index contributed by atoms with van der Waals surface area (Å²) in [6, 6.07) is 32.7. The van der Waals surface area contributed by atoms with Gasteiger partial charge in [0, 0.05) is 16.3 Å². The standard InChI is InChI=1S/C28H25OP/c1-20-11-13-21(14-12-20)17-18-30(2)23-15-16-25-26-10-6-9-24(22-7-4-3-5-8-22)28(26)29-27(25)19-23/h3-16,19H,17-18H2,1-2H3. The minimum absolute atomic E-state index is 0.221. The summed E-state index contributed by atoms with van der Waals surface area (Å²) in [4.78, 5) is 0. The van der Waals surface area contributed by atoms with Gasteiger partial charge in [-0.25, -0.2) is 0 Å². The molecule has 5 rings (SSSR count). The van der Waals surface area contributed by atoms with Crippen LogP contribution in [0.15, 0.2) is 95.4 Å². The smallest absolute Gasteiger partial charge is 0.143 e. The Balaban J connectivity index is 1.46. The maximum absolute atomic E-state index is 6.42. The zero-order chi connectivity index (χ0) is 20.5. The normalized spacial score (nSPS) is 12.5. The van der Waals surface area contributed by atoms with E-state index < -0.39 is 0 Å². The number of hydrogen-bond donors (Lipinski definition) is 0. The van der Waals surface area contributed by atoms with Crippen molar-refractivity contribution in [1.82, 2.24) is 0 Å². The van der Waals surface area contributed by atoms with Crippen molar-refractivity contribution in [1.29, 1.82) is 0 Å². The summed E-state index contributed by atoms with van der Waals surface area (Å²) in [7, 11) is -0.221. The SMILES string of the molecule is Cc1ccc(CCP(C)c2ccc3c(c2)oc2c(-c4ccccc4)cccc23)cc1. The second-order valence-electron chi connectivity index (χ2n) is 7.99. The molecule has 30 heavy (non-hydrogen) atoms. The molecule has 1 heterocycles.